The molecule has 3 nitrogen and oxygen atoms in total. The van der Waals surface area contributed by atoms with Crippen LogP contribution in [-0.4, -0.2) is 17.4 Å². The largest absolute Gasteiger partial charge is 0.396 e. The molecule has 2 rings (SSSR count). The van der Waals surface area contributed by atoms with Crippen LogP contribution in [0.2, 0.25) is 10.0 Å². The number of benzene rings is 1. The number of anilines is 1. The standard InChI is InChI=1S/C14H13BrCl2N2OS/c1-2-19(7-9-3-4-12(15)21-9)14(20)8-5-10(16)13(18)11(17)6-8/h3-6H,2,7,18H2,1H3. The van der Waals surface area contributed by atoms with Crippen LogP contribution < -0.4 is 5.73 Å². The molecule has 1 aromatic carbocycles. The molecule has 0 radical (unpaired) electrons. The van der Waals surface area contributed by atoms with E-state index in [0.29, 0.717) is 34.4 Å². The second kappa shape index (κ2) is 7.01. The molecule has 0 atom stereocenters. The van der Waals surface area contributed by atoms with Crippen LogP contribution in [0.1, 0.15) is 22.2 Å². The Balaban J connectivity index is 2.24. The Bertz CT molecular complexity index is 652. The summed E-state index contributed by atoms with van der Waals surface area (Å²) in [6, 6.07) is 7.07. The highest BCUT2D eigenvalue weighted by Gasteiger charge is 2.18. The van der Waals surface area contributed by atoms with E-state index in [0.717, 1.165) is 8.66 Å². The first-order valence-corrected chi connectivity index (χ1v) is 8.57. The van der Waals surface area contributed by atoms with Crippen LogP contribution in [0.15, 0.2) is 28.1 Å². The number of nitrogens with zero attached hydrogens (tertiary/aromatic N) is 1. The van der Waals surface area contributed by atoms with Crippen molar-refractivity contribution in [2.24, 2.45) is 0 Å². The number of thiophene rings is 1. The predicted octanol–water partition coefficient (Wildman–Crippen LogP) is 5.06. The quantitative estimate of drug-likeness (QED) is 0.719. The second-order valence-corrected chi connectivity index (χ2v) is 7.74. The maximum absolute atomic E-state index is 12.6. The van der Waals surface area contributed by atoms with Crippen LogP contribution in [0.25, 0.3) is 0 Å². The molecule has 2 N–H and O–H groups in total. The van der Waals surface area contributed by atoms with E-state index < -0.39 is 0 Å². The van der Waals surface area contributed by atoms with Gasteiger partial charge in [-0.05, 0) is 47.1 Å². The molecule has 0 aliphatic rings. The van der Waals surface area contributed by atoms with Gasteiger partial charge < -0.3 is 10.6 Å². The fraction of sp³-hybridized carbons (Fsp3) is 0.214. The van der Waals surface area contributed by atoms with Crippen molar-refractivity contribution >= 4 is 62.1 Å². The number of carbonyl (C=O) groups excluding carboxylic acids is 1. The van der Waals surface area contributed by atoms with Gasteiger partial charge in [-0.3, -0.25) is 4.79 Å². The molecule has 0 bridgehead atoms. The number of halogens is 3. The van der Waals surface area contributed by atoms with E-state index in [2.05, 4.69) is 15.9 Å². The highest BCUT2D eigenvalue weighted by atomic mass is 79.9. The van der Waals surface area contributed by atoms with Crippen molar-refractivity contribution in [1.82, 2.24) is 4.90 Å². The molecular weight excluding hydrogens is 395 g/mol. The van der Waals surface area contributed by atoms with Crippen LogP contribution in [0.5, 0.6) is 0 Å². The lowest BCUT2D eigenvalue weighted by molar-refractivity contribution is 0.0754. The van der Waals surface area contributed by atoms with E-state index in [1.807, 2.05) is 19.1 Å². The zero-order valence-electron chi connectivity index (χ0n) is 11.2. The van der Waals surface area contributed by atoms with Gasteiger partial charge in [0, 0.05) is 17.0 Å². The topological polar surface area (TPSA) is 46.3 Å². The predicted molar refractivity (Wildman–Crippen MR) is 93.3 cm³/mol. The number of rotatable bonds is 4. The summed E-state index contributed by atoms with van der Waals surface area (Å²) in [4.78, 5) is 15.4. The summed E-state index contributed by atoms with van der Waals surface area (Å²) in [7, 11) is 0. The fourth-order valence-electron chi connectivity index (χ4n) is 1.84. The minimum atomic E-state index is -0.120. The van der Waals surface area contributed by atoms with Crippen LogP contribution in [0.3, 0.4) is 0 Å². The van der Waals surface area contributed by atoms with Gasteiger partial charge in [0.15, 0.2) is 0 Å². The maximum atomic E-state index is 12.6. The molecule has 7 heteroatoms. The number of nitrogen functional groups attached to an aromatic ring is 1. The van der Waals surface area contributed by atoms with Gasteiger partial charge in [0.2, 0.25) is 0 Å². The van der Waals surface area contributed by atoms with Gasteiger partial charge in [-0.15, -0.1) is 11.3 Å². The minimum Gasteiger partial charge on any atom is -0.396 e. The van der Waals surface area contributed by atoms with Crippen LogP contribution in [-0.2, 0) is 6.54 Å². The van der Waals surface area contributed by atoms with Crippen molar-refractivity contribution in [3.05, 3.63) is 48.5 Å². The normalized spacial score (nSPS) is 10.7. The van der Waals surface area contributed by atoms with Gasteiger partial charge in [0.1, 0.15) is 0 Å². The van der Waals surface area contributed by atoms with Gasteiger partial charge in [-0.25, -0.2) is 0 Å². The summed E-state index contributed by atoms with van der Waals surface area (Å²) in [6.07, 6.45) is 0. The first kappa shape index (κ1) is 16.6. The Hall–Kier alpha value is -0.750. The molecule has 0 aliphatic heterocycles. The number of hydrogen-bond donors (Lipinski definition) is 1. The molecule has 0 saturated heterocycles. The number of amides is 1. The molecule has 0 aliphatic carbocycles. The van der Waals surface area contributed by atoms with Crippen molar-refractivity contribution in [2.45, 2.75) is 13.5 Å². The number of carbonyl (C=O) groups is 1. The van der Waals surface area contributed by atoms with Gasteiger partial charge in [0.05, 0.1) is 26.1 Å². The molecule has 0 saturated carbocycles. The Morgan fingerprint density at radius 1 is 1.33 bits per heavy atom. The van der Waals surface area contributed by atoms with Gasteiger partial charge in [-0.2, -0.15) is 0 Å². The molecule has 21 heavy (non-hydrogen) atoms. The summed E-state index contributed by atoms with van der Waals surface area (Å²) in [5, 5.41) is 0.585. The van der Waals surface area contributed by atoms with Crippen molar-refractivity contribution in [3.8, 4) is 0 Å². The Morgan fingerprint density at radius 3 is 2.43 bits per heavy atom. The van der Waals surface area contributed by atoms with Crippen LogP contribution in [0.4, 0.5) is 5.69 Å². The average Bonchev–Trinajstić information content (AvgIpc) is 2.86. The van der Waals surface area contributed by atoms with Gasteiger partial charge >= 0.3 is 0 Å². The molecule has 0 fully saturated rings. The van der Waals surface area contributed by atoms with E-state index in [4.69, 9.17) is 28.9 Å². The average molecular weight is 408 g/mol. The smallest absolute Gasteiger partial charge is 0.254 e. The molecular formula is C14H13BrCl2N2OS. The fourth-order valence-corrected chi connectivity index (χ4v) is 3.83. The SMILES string of the molecule is CCN(Cc1ccc(Br)s1)C(=O)c1cc(Cl)c(N)c(Cl)c1. The molecule has 0 spiro atoms. The number of hydrogen-bond acceptors (Lipinski definition) is 3. The van der Waals surface area contributed by atoms with Crippen molar-refractivity contribution in [2.75, 3.05) is 12.3 Å². The van der Waals surface area contributed by atoms with Crippen molar-refractivity contribution < 1.29 is 4.79 Å². The third kappa shape index (κ3) is 3.92. The summed E-state index contributed by atoms with van der Waals surface area (Å²) in [5.74, 6) is -0.120. The first-order valence-electron chi connectivity index (χ1n) is 6.20. The maximum Gasteiger partial charge on any atom is 0.254 e. The van der Waals surface area contributed by atoms with E-state index in [1.165, 1.54) is 0 Å². The molecule has 1 amide bonds. The molecule has 112 valence electrons. The summed E-state index contributed by atoms with van der Waals surface area (Å²) >= 11 is 17.0. The Kier molecular flexibility index (Phi) is 5.54. The Morgan fingerprint density at radius 2 is 1.95 bits per heavy atom. The number of nitrogens with two attached hydrogens (primary N) is 1. The summed E-state index contributed by atoms with van der Waals surface area (Å²) in [6.45, 7) is 3.07. The van der Waals surface area contributed by atoms with Crippen molar-refractivity contribution in [3.63, 3.8) is 0 Å². The van der Waals surface area contributed by atoms with E-state index in [9.17, 15) is 4.79 Å². The zero-order chi connectivity index (χ0) is 15.6. The first-order chi connectivity index (χ1) is 9.92. The minimum absolute atomic E-state index is 0.120. The zero-order valence-corrected chi connectivity index (χ0v) is 15.1. The van der Waals surface area contributed by atoms with E-state index in [-0.39, 0.29) is 5.91 Å². The Labute approximate surface area is 145 Å². The highest BCUT2D eigenvalue weighted by Crippen LogP contribution is 2.30. The lowest BCUT2D eigenvalue weighted by Gasteiger charge is -2.20. The monoisotopic (exact) mass is 406 g/mol. The highest BCUT2D eigenvalue weighted by molar-refractivity contribution is 9.11. The molecule has 0 unspecified atom stereocenters. The van der Waals surface area contributed by atoms with Crippen LogP contribution >= 0.6 is 50.5 Å². The van der Waals surface area contributed by atoms with Crippen molar-refractivity contribution in [1.29, 1.82) is 0 Å². The summed E-state index contributed by atoms with van der Waals surface area (Å²) < 4.78 is 1.04. The lowest BCUT2D eigenvalue weighted by atomic mass is 10.1. The third-order valence-electron chi connectivity index (χ3n) is 2.97. The lowest BCUT2D eigenvalue weighted by Crippen LogP contribution is -2.30. The van der Waals surface area contributed by atoms with Crippen LogP contribution in [0, 0.1) is 0 Å². The summed E-state index contributed by atoms with van der Waals surface area (Å²) in [5.41, 5.74) is 6.43. The molecule has 1 aromatic heterocycles. The third-order valence-corrected chi connectivity index (χ3v) is 5.20. The molecule has 1 heterocycles. The molecule has 2 aromatic rings. The van der Waals surface area contributed by atoms with E-state index >= 15 is 0 Å². The second-order valence-electron chi connectivity index (χ2n) is 4.38. The van der Waals surface area contributed by atoms with Gasteiger partial charge in [-0.1, -0.05) is 23.2 Å². The van der Waals surface area contributed by atoms with Gasteiger partial charge in [0.25, 0.3) is 5.91 Å². The van der Waals surface area contributed by atoms with E-state index in [1.54, 1.807) is 28.4 Å².